The summed E-state index contributed by atoms with van der Waals surface area (Å²) in [7, 11) is -3.34. The average Bonchev–Trinajstić information content (AvgIpc) is 2.02. The third kappa shape index (κ3) is 1.27. The van der Waals surface area contributed by atoms with Crippen molar-refractivity contribution < 1.29 is 8.42 Å². The number of rotatable bonds is 0. The molecule has 1 heterocycles. The lowest BCUT2D eigenvalue weighted by Gasteiger charge is -2.15. The van der Waals surface area contributed by atoms with E-state index in [2.05, 4.69) is 5.32 Å². The number of nitrogens with one attached hydrogen (secondary N) is 1. The summed E-state index contributed by atoms with van der Waals surface area (Å²) in [5, 5.41) is 3.80. The van der Waals surface area contributed by atoms with E-state index in [1.54, 1.807) is 24.3 Å². The highest BCUT2D eigenvalue weighted by atomic mass is 32.2. The minimum absolute atomic E-state index is 0.152. The van der Waals surface area contributed by atoms with Gasteiger partial charge in [-0.05, 0) is 12.1 Å². The molecule has 0 aromatic heterocycles. The second-order valence-electron chi connectivity index (χ2n) is 2.74. The molecule has 2 rings (SSSR count). The third-order valence-electron chi connectivity index (χ3n) is 1.75. The highest BCUT2D eigenvalue weighted by Gasteiger charge is 2.20. The van der Waals surface area contributed by atoms with E-state index in [1.165, 1.54) is 0 Å². The van der Waals surface area contributed by atoms with Crippen molar-refractivity contribution in [3.8, 4) is 0 Å². The van der Waals surface area contributed by atoms with E-state index in [1.807, 2.05) is 0 Å². The van der Waals surface area contributed by atoms with Crippen molar-refractivity contribution in [1.82, 2.24) is 0 Å². The molecule has 0 saturated heterocycles. The van der Waals surface area contributed by atoms with E-state index in [-0.39, 0.29) is 10.7 Å². The quantitative estimate of drug-likeness (QED) is 0.638. The molecule has 4 nitrogen and oxygen atoms in total. The second-order valence-corrected chi connectivity index (χ2v) is 4.50. The van der Waals surface area contributed by atoms with Gasteiger partial charge in [-0.3, -0.25) is 0 Å². The number of nitrogens with two attached hydrogens (primary N) is 1. The van der Waals surface area contributed by atoms with Gasteiger partial charge in [-0.25, -0.2) is 8.42 Å². The zero-order valence-corrected chi connectivity index (χ0v) is 7.51. The van der Waals surface area contributed by atoms with Crippen LogP contribution in [0.1, 0.15) is 0 Å². The smallest absolute Gasteiger partial charge is 0.205 e. The summed E-state index contributed by atoms with van der Waals surface area (Å²) >= 11 is 0. The lowest BCUT2D eigenvalue weighted by Crippen LogP contribution is -2.18. The van der Waals surface area contributed by atoms with Gasteiger partial charge in [-0.1, -0.05) is 12.1 Å². The molecule has 0 fully saturated rings. The molecule has 0 bridgehead atoms. The van der Waals surface area contributed by atoms with Crippen LogP contribution in [-0.4, -0.2) is 8.42 Å². The van der Waals surface area contributed by atoms with E-state index in [9.17, 15) is 8.42 Å². The fraction of sp³-hybridized carbons (Fsp3) is 0. The monoisotopic (exact) mass is 196 g/mol. The van der Waals surface area contributed by atoms with Gasteiger partial charge in [0.15, 0.2) is 0 Å². The average molecular weight is 196 g/mol. The molecule has 5 heteroatoms. The highest BCUT2D eigenvalue weighted by molar-refractivity contribution is 7.94. The Hall–Kier alpha value is -1.49. The first kappa shape index (κ1) is 8.12. The number of anilines is 1. The molecule has 68 valence electrons. The molecule has 13 heavy (non-hydrogen) atoms. The van der Waals surface area contributed by atoms with Gasteiger partial charge in [0, 0.05) is 0 Å². The molecule has 0 radical (unpaired) electrons. The van der Waals surface area contributed by atoms with Crippen molar-refractivity contribution in [2.75, 3.05) is 5.32 Å². The maximum absolute atomic E-state index is 11.5. The Balaban J connectivity index is 2.73. The fourth-order valence-electron chi connectivity index (χ4n) is 1.23. The van der Waals surface area contributed by atoms with Crippen LogP contribution in [0.15, 0.2) is 40.4 Å². The molecular formula is C8H8N2O2S. The second kappa shape index (κ2) is 2.50. The Morgan fingerprint density at radius 3 is 2.69 bits per heavy atom. The zero-order chi connectivity index (χ0) is 9.47. The van der Waals surface area contributed by atoms with Crippen LogP contribution >= 0.6 is 0 Å². The maximum Gasteiger partial charge on any atom is 0.205 e. The number of sulfone groups is 1. The fourth-order valence-corrected chi connectivity index (χ4v) is 2.45. The number of fused-ring (bicyclic) bond motifs is 1. The Kier molecular flexibility index (Phi) is 1.56. The van der Waals surface area contributed by atoms with Gasteiger partial charge >= 0.3 is 0 Å². The molecule has 0 atom stereocenters. The summed E-state index contributed by atoms with van der Waals surface area (Å²) in [5.41, 5.74) is 5.93. The van der Waals surface area contributed by atoms with Crippen molar-refractivity contribution in [3.05, 3.63) is 35.5 Å². The molecule has 0 unspecified atom stereocenters. The first-order chi connectivity index (χ1) is 6.09. The third-order valence-corrected chi connectivity index (χ3v) is 3.29. The molecule has 0 amide bonds. The van der Waals surface area contributed by atoms with Crippen molar-refractivity contribution in [3.63, 3.8) is 0 Å². The molecular weight excluding hydrogens is 188 g/mol. The largest absolute Gasteiger partial charge is 0.385 e. The first-order valence-electron chi connectivity index (χ1n) is 3.68. The Labute approximate surface area is 76.0 Å². The SMILES string of the molecule is NC1=CS(=O)(=O)c2ccccc2N1. The number of benzene rings is 1. The minimum atomic E-state index is -3.34. The van der Waals surface area contributed by atoms with E-state index >= 15 is 0 Å². The summed E-state index contributed by atoms with van der Waals surface area (Å²) in [6, 6.07) is 6.64. The Morgan fingerprint density at radius 1 is 1.23 bits per heavy atom. The van der Waals surface area contributed by atoms with Crippen molar-refractivity contribution in [2.45, 2.75) is 4.90 Å². The lowest BCUT2D eigenvalue weighted by molar-refractivity contribution is 0.604. The van der Waals surface area contributed by atoms with Crippen LogP contribution in [0.25, 0.3) is 0 Å². The molecule has 0 aliphatic carbocycles. The van der Waals surface area contributed by atoms with E-state index in [4.69, 9.17) is 5.73 Å². The topological polar surface area (TPSA) is 72.2 Å². The van der Waals surface area contributed by atoms with Gasteiger partial charge in [-0.15, -0.1) is 0 Å². The normalized spacial score (nSPS) is 18.3. The van der Waals surface area contributed by atoms with Gasteiger partial charge in [0.2, 0.25) is 9.84 Å². The van der Waals surface area contributed by atoms with E-state index < -0.39 is 9.84 Å². The van der Waals surface area contributed by atoms with E-state index in [0.717, 1.165) is 5.41 Å². The van der Waals surface area contributed by atoms with Crippen LogP contribution < -0.4 is 11.1 Å². The standard InChI is InChI=1S/C8H8N2O2S/c9-8-5-13(11,12)7-4-2-1-3-6(7)10-8/h1-5,10H,9H2. The highest BCUT2D eigenvalue weighted by Crippen LogP contribution is 2.27. The van der Waals surface area contributed by atoms with Gasteiger partial charge in [0.1, 0.15) is 5.82 Å². The Morgan fingerprint density at radius 2 is 1.92 bits per heavy atom. The van der Waals surface area contributed by atoms with Gasteiger partial charge < -0.3 is 11.1 Å². The number of hydrogen-bond acceptors (Lipinski definition) is 4. The number of para-hydroxylation sites is 1. The molecule has 0 spiro atoms. The van der Waals surface area contributed by atoms with Crippen LogP contribution in [0.5, 0.6) is 0 Å². The summed E-state index contributed by atoms with van der Waals surface area (Å²) in [5.74, 6) is 0.152. The number of hydrogen-bond donors (Lipinski definition) is 2. The van der Waals surface area contributed by atoms with Gasteiger partial charge in [-0.2, -0.15) is 0 Å². The summed E-state index contributed by atoms with van der Waals surface area (Å²) in [4.78, 5) is 0.268. The van der Waals surface area contributed by atoms with Crippen molar-refractivity contribution in [2.24, 2.45) is 5.73 Å². The van der Waals surface area contributed by atoms with Crippen LogP contribution in [0.4, 0.5) is 5.69 Å². The molecule has 1 aromatic carbocycles. The first-order valence-corrected chi connectivity index (χ1v) is 5.22. The predicted molar refractivity (Wildman–Crippen MR) is 49.5 cm³/mol. The molecule has 0 saturated carbocycles. The predicted octanol–water partition coefficient (Wildman–Crippen LogP) is 0.643. The van der Waals surface area contributed by atoms with Gasteiger partial charge in [0.25, 0.3) is 0 Å². The van der Waals surface area contributed by atoms with Crippen LogP contribution in [0.2, 0.25) is 0 Å². The van der Waals surface area contributed by atoms with Crippen LogP contribution in [0, 0.1) is 0 Å². The zero-order valence-electron chi connectivity index (χ0n) is 6.69. The maximum atomic E-state index is 11.5. The van der Waals surface area contributed by atoms with Crippen LogP contribution in [0.3, 0.4) is 0 Å². The van der Waals surface area contributed by atoms with Gasteiger partial charge in [0.05, 0.1) is 16.0 Å². The Bertz CT molecular complexity index is 477. The lowest BCUT2D eigenvalue weighted by atomic mass is 10.3. The van der Waals surface area contributed by atoms with Crippen molar-refractivity contribution in [1.29, 1.82) is 0 Å². The summed E-state index contributed by atoms with van der Waals surface area (Å²) in [6.45, 7) is 0. The molecule has 1 aliphatic heterocycles. The molecule has 1 aromatic rings. The molecule has 3 N–H and O–H groups in total. The van der Waals surface area contributed by atoms with E-state index in [0.29, 0.717) is 5.69 Å². The summed E-state index contributed by atoms with van der Waals surface area (Å²) in [6.07, 6.45) is 0. The summed E-state index contributed by atoms with van der Waals surface area (Å²) < 4.78 is 23.0. The van der Waals surface area contributed by atoms with Crippen molar-refractivity contribution >= 4 is 15.5 Å². The minimum Gasteiger partial charge on any atom is -0.385 e. The van der Waals surface area contributed by atoms with Crippen LogP contribution in [-0.2, 0) is 9.84 Å². The molecule has 1 aliphatic rings.